The molecule has 2 fully saturated rings. The molecule has 3 aromatic rings. The molecule has 8 nitrogen and oxygen atoms in total. The van der Waals surface area contributed by atoms with Crippen molar-refractivity contribution in [1.82, 2.24) is 9.47 Å². The number of alkyl halides is 1. The van der Waals surface area contributed by atoms with Gasteiger partial charge < -0.3 is 24.3 Å². The highest BCUT2D eigenvalue weighted by molar-refractivity contribution is 6.34. The number of benzene rings is 2. The highest BCUT2D eigenvalue weighted by Gasteiger charge is 2.37. The van der Waals surface area contributed by atoms with Gasteiger partial charge in [0.2, 0.25) is 5.91 Å². The predicted octanol–water partition coefficient (Wildman–Crippen LogP) is 5.59. The molecule has 0 unspecified atom stereocenters. The van der Waals surface area contributed by atoms with E-state index in [1.54, 1.807) is 17.7 Å². The zero-order valence-electron chi connectivity index (χ0n) is 23.9. The molecular formula is C31H33ClF3N3O5. The Balaban J connectivity index is 1.21. The number of fused-ring (bicyclic) bond motifs is 1. The van der Waals surface area contributed by atoms with Crippen molar-refractivity contribution in [2.75, 3.05) is 25.6 Å². The normalized spacial score (nSPS) is 22.1. The van der Waals surface area contributed by atoms with Gasteiger partial charge in [-0.05, 0) is 55.5 Å². The van der Waals surface area contributed by atoms with Crippen LogP contribution in [-0.2, 0) is 32.5 Å². The lowest BCUT2D eigenvalue weighted by Gasteiger charge is -2.30. The Morgan fingerprint density at radius 1 is 1.09 bits per heavy atom. The summed E-state index contributed by atoms with van der Waals surface area (Å²) in [6.45, 7) is 0.0235. The maximum Gasteiger partial charge on any atom is 0.308 e. The van der Waals surface area contributed by atoms with Crippen LogP contribution in [-0.4, -0.2) is 65.8 Å². The smallest absolute Gasteiger partial charge is 0.308 e. The molecule has 0 radical (unpaired) electrons. The number of halogens is 4. The summed E-state index contributed by atoms with van der Waals surface area (Å²) < 4.78 is 56.5. The van der Waals surface area contributed by atoms with Crippen LogP contribution in [0.5, 0.6) is 0 Å². The van der Waals surface area contributed by atoms with E-state index in [4.69, 9.17) is 21.1 Å². The molecule has 1 N–H and O–H groups in total. The van der Waals surface area contributed by atoms with Crippen LogP contribution in [0.15, 0.2) is 36.5 Å². The summed E-state index contributed by atoms with van der Waals surface area (Å²) in [6.07, 6.45) is 2.54. The van der Waals surface area contributed by atoms with Crippen LogP contribution >= 0.6 is 11.6 Å². The van der Waals surface area contributed by atoms with Gasteiger partial charge in [-0.2, -0.15) is 0 Å². The minimum absolute atomic E-state index is 0.00712. The zero-order chi connectivity index (χ0) is 30.8. The molecule has 43 heavy (non-hydrogen) atoms. The fourth-order valence-electron chi connectivity index (χ4n) is 6.05. The van der Waals surface area contributed by atoms with Gasteiger partial charge in [-0.15, -0.1) is 0 Å². The number of anilines is 1. The lowest BCUT2D eigenvalue weighted by Crippen LogP contribution is -2.40. The second-order valence-corrected chi connectivity index (χ2v) is 11.6. The van der Waals surface area contributed by atoms with Crippen LogP contribution in [0.3, 0.4) is 0 Å². The fourth-order valence-corrected chi connectivity index (χ4v) is 6.28. The van der Waals surface area contributed by atoms with Crippen molar-refractivity contribution in [2.24, 2.45) is 13.0 Å². The van der Waals surface area contributed by atoms with Gasteiger partial charge in [0, 0.05) is 25.1 Å². The quantitative estimate of drug-likeness (QED) is 0.332. The summed E-state index contributed by atoms with van der Waals surface area (Å²) in [7, 11) is 3.05. The van der Waals surface area contributed by atoms with Crippen molar-refractivity contribution in [2.45, 2.75) is 56.8 Å². The van der Waals surface area contributed by atoms with E-state index in [1.165, 1.54) is 36.4 Å². The van der Waals surface area contributed by atoms with Crippen LogP contribution in [0.25, 0.3) is 10.9 Å². The van der Waals surface area contributed by atoms with Gasteiger partial charge in [-0.1, -0.05) is 17.7 Å². The van der Waals surface area contributed by atoms with Crippen molar-refractivity contribution in [1.29, 1.82) is 0 Å². The average Bonchev–Trinajstić information content (AvgIpc) is 3.54. The molecule has 0 spiro atoms. The van der Waals surface area contributed by atoms with Gasteiger partial charge in [0.1, 0.15) is 17.8 Å². The minimum Gasteiger partial charge on any atom is -0.469 e. The van der Waals surface area contributed by atoms with Crippen LogP contribution in [0.4, 0.5) is 18.9 Å². The van der Waals surface area contributed by atoms with Crippen molar-refractivity contribution in [3.8, 4) is 0 Å². The molecule has 1 aliphatic carbocycles. The fraction of sp³-hybridized carbons (Fsp3) is 0.452. The third-order valence-electron chi connectivity index (χ3n) is 8.35. The number of amides is 2. The highest BCUT2D eigenvalue weighted by Crippen LogP contribution is 2.31. The first-order valence-corrected chi connectivity index (χ1v) is 14.6. The van der Waals surface area contributed by atoms with E-state index in [0.717, 1.165) is 6.07 Å². The summed E-state index contributed by atoms with van der Waals surface area (Å²) in [5.74, 6) is -2.86. The number of likely N-dealkylation sites (tertiary alicyclic amines) is 1. The molecule has 5 rings (SSSR count). The van der Waals surface area contributed by atoms with Crippen LogP contribution < -0.4 is 5.32 Å². The Morgan fingerprint density at radius 2 is 1.84 bits per heavy atom. The summed E-state index contributed by atoms with van der Waals surface area (Å²) in [6, 6.07) is 6.22. The number of aryl methyl sites for hydroxylation is 1. The van der Waals surface area contributed by atoms with E-state index in [-0.39, 0.29) is 71.2 Å². The number of carbonyl (C=O) groups excluding carboxylic acids is 3. The topological polar surface area (TPSA) is 89.9 Å². The second-order valence-electron chi connectivity index (χ2n) is 11.2. The van der Waals surface area contributed by atoms with Gasteiger partial charge in [0.25, 0.3) is 5.91 Å². The van der Waals surface area contributed by atoms with E-state index in [2.05, 4.69) is 5.32 Å². The van der Waals surface area contributed by atoms with E-state index < -0.39 is 35.7 Å². The van der Waals surface area contributed by atoms with E-state index in [1.807, 2.05) is 0 Å². The van der Waals surface area contributed by atoms with Gasteiger partial charge in [0.05, 0.1) is 66.5 Å². The third-order valence-corrected chi connectivity index (χ3v) is 8.66. The molecule has 2 aromatic carbocycles. The standard InChI is InChI=1S/C31H33ClF3N3O5/c1-37-15-22(29-24(34)4-3-5-27(29)37)30(40)36-26-13-25(35)18(10-23(26)32)11-28(39)38-14-19(33)12-20(38)16-43-21-8-6-17(7-9-21)31(41)42-2/h3-5,10,13,15,17,19-21H,6-9,11-12,14,16H2,1-2H3,(H,36,40)/t17-,19-,20-,21-/m0/s1. The first kappa shape index (κ1) is 30.9. The predicted molar refractivity (Wildman–Crippen MR) is 155 cm³/mol. The number of rotatable bonds is 8. The number of nitrogens with zero attached hydrogens (tertiary/aromatic N) is 2. The SMILES string of the molecule is COC(=O)[C@H]1CC[C@H](OC[C@@H]2C[C@H](F)CN2C(=O)Cc2cc(Cl)c(NC(=O)c3cn(C)c4cccc(F)c34)cc2F)CC1. The molecule has 12 heteroatoms. The summed E-state index contributed by atoms with van der Waals surface area (Å²) in [4.78, 5) is 39.3. The number of hydrogen-bond acceptors (Lipinski definition) is 5. The summed E-state index contributed by atoms with van der Waals surface area (Å²) in [5, 5.41) is 2.65. The van der Waals surface area contributed by atoms with Crippen LogP contribution in [0, 0.1) is 17.6 Å². The molecule has 230 valence electrons. The molecule has 2 heterocycles. The Morgan fingerprint density at radius 3 is 2.56 bits per heavy atom. The molecule has 1 saturated heterocycles. The van der Waals surface area contributed by atoms with E-state index >= 15 is 4.39 Å². The Kier molecular flexibility index (Phi) is 9.31. The molecule has 1 aromatic heterocycles. The summed E-state index contributed by atoms with van der Waals surface area (Å²) >= 11 is 6.36. The number of carbonyl (C=O) groups is 3. The maximum atomic E-state index is 15.2. The van der Waals surface area contributed by atoms with Gasteiger partial charge in [-0.25, -0.2) is 13.2 Å². The Bertz CT molecular complexity index is 1540. The number of nitrogens with one attached hydrogen (secondary N) is 1. The molecule has 2 aliphatic rings. The Labute approximate surface area is 252 Å². The average molecular weight is 620 g/mol. The van der Waals surface area contributed by atoms with Crippen molar-refractivity contribution >= 4 is 46.0 Å². The lowest BCUT2D eigenvalue weighted by molar-refractivity contribution is -0.148. The number of esters is 1. The largest absolute Gasteiger partial charge is 0.469 e. The second kappa shape index (κ2) is 13.0. The van der Waals surface area contributed by atoms with Crippen LogP contribution in [0.1, 0.15) is 48.0 Å². The van der Waals surface area contributed by atoms with Crippen molar-refractivity contribution in [3.63, 3.8) is 0 Å². The van der Waals surface area contributed by atoms with Gasteiger partial charge >= 0.3 is 5.97 Å². The summed E-state index contributed by atoms with van der Waals surface area (Å²) in [5.41, 5.74) is 0.536. The molecule has 0 bridgehead atoms. The van der Waals surface area contributed by atoms with E-state index in [9.17, 15) is 23.2 Å². The number of hydrogen-bond donors (Lipinski definition) is 1. The lowest BCUT2D eigenvalue weighted by atomic mass is 9.87. The van der Waals surface area contributed by atoms with Crippen molar-refractivity contribution in [3.05, 3.63) is 64.3 Å². The molecular weight excluding hydrogens is 587 g/mol. The van der Waals surface area contributed by atoms with Crippen molar-refractivity contribution < 1.29 is 37.0 Å². The van der Waals surface area contributed by atoms with Gasteiger partial charge in [0.15, 0.2) is 0 Å². The molecule has 1 saturated carbocycles. The molecule has 2 atom stereocenters. The maximum absolute atomic E-state index is 15.2. The van der Waals surface area contributed by atoms with Gasteiger partial charge in [-0.3, -0.25) is 14.4 Å². The Hall–Kier alpha value is -3.57. The monoisotopic (exact) mass is 619 g/mol. The van der Waals surface area contributed by atoms with Crippen LogP contribution in [0.2, 0.25) is 5.02 Å². The number of aromatic nitrogens is 1. The molecule has 2 amide bonds. The highest BCUT2D eigenvalue weighted by atomic mass is 35.5. The minimum atomic E-state index is -1.22. The number of methoxy groups -OCH3 is 1. The van der Waals surface area contributed by atoms with E-state index in [0.29, 0.717) is 31.2 Å². The number of ether oxygens (including phenoxy) is 2. The first-order valence-electron chi connectivity index (χ1n) is 14.2. The zero-order valence-corrected chi connectivity index (χ0v) is 24.6. The first-order chi connectivity index (χ1) is 20.5. The molecule has 1 aliphatic heterocycles. The third kappa shape index (κ3) is 6.67.